The lowest BCUT2D eigenvalue weighted by atomic mass is 9.71. The molecule has 2 aromatic rings. The molecule has 0 spiro atoms. The molecule has 2 aromatic carbocycles. The van der Waals surface area contributed by atoms with Crippen LogP contribution in [-0.4, -0.2) is 53.5 Å². The van der Waals surface area contributed by atoms with Crippen molar-refractivity contribution < 1.29 is 29.3 Å². The summed E-state index contributed by atoms with van der Waals surface area (Å²) in [6.07, 6.45) is 2.07. The van der Waals surface area contributed by atoms with Gasteiger partial charge in [0.1, 0.15) is 12.6 Å². The SMILES string of the molecule is CC1(C(=O)N[C@H](CCO)C(=O)O)CCCCC1NC(=O)OCC1c2ccccc2-c2ccccc21. The number of carbonyl (C=O) groups excluding carboxylic acids is 2. The molecule has 0 bridgehead atoms. The molecule has 0 aliphatic heterocycles. The number of fused-ring (bicyclic) bond motifs is 3. The Bertz CT molecular complexity index is 1060. The third-order valence-electron chi connectivity index (χ3n) is 7.38. The first-order valence-corrected chi connectivity index (χ1v) is 12.1. The van der Waals surface area contributed by atoms with E-state index in [1.54, 1.807) is 6.92 Å². The van der Waals surface area contributed by atoms with E-state index in [0.717, 1.165) is 35.1 Å². The fraction of sp³-hybridized carbons (Fsp3) is 0.444. The molecule has 2 amide bonds. The van der Waals surface area contributed by atoms with Gasteiger partial charge in [0.05, 0.1) is 5.41 Å². The summed E-state index contributed by atoms with van der Waals surface area (Å²) in [4.78, 5) is 37.4. The molecule has 0 saturated heterocycles. The van der Waals surface area contributed by atoms with Crippen molar-refractivity contribution in [2.24, 2.45) is 5.41 Å². The maximum absolute atomic E-state index is 13.1. The molecule has 4 rings (SSSR count). The van der Waals surface area contributed by atoms with E-state index in [4.69, 9.17) is 9.84 Å². The Balaban J connectivity index is 1.42. The second-order valence-corrected chi connectivity index (χ2v) is 9.56. The lowest BCUT2D eigenvalue weighted by Gasteiger charge is -2.40. The first-order chi connectivity index (χ1) is 16.8. The summed E-state index contributed by atoms with van der Waals surface area (Å²) in [7, 11) is 0. The average molecular weight is 481 g/mol. The molecule has 2 aliphatic rings. The highest BCUT2D eigenvalue weighted by atomic mass is 16.5. The molecule has 1 fully saturated rings. The summed E-state index contributed by atoms with van der Waals surface area (Å²) < 4.78 is 5.66. The maximum Gasteiger partial charge on any atom is 0.407 e. The number of rotatable bonds is 8. The molecular formula is C27H32N2O6. The van der Waals surface area contributed by atoms with Gasteiger partial charge in [-0.3, -0.25) is 4.79 Å². The average Bonchev–Trinajstić information content (AvgIpc) is 3.17. The number of benzene rings is 2. The van der Waals surface area contributed by atoms with Gasteiger partial charge in [-0.25, -0.2) is 9.59 Å². The minimum Gasteiger partial charge on any atom is -0.480 e. The quantitative estimate of drug-likeness (QED) is 0.459. The van der Waals surface area contributed by atoms with E-state index >= 15 is 0 Å². The molecule has 8 heteroatoms. The zero-order valence-corrected chi connectivity index (χ0v) is 19.8. The van der Waals surface area contributed by atoms with Crippen LogP contribution in [0.5, 0.6) is 0 Å². The highest BCUT2D eigenvalue weighted by Gasteiger charge is 2.45. The van der Waals surface area contributed by atoms with Crippen LogP contribution in [0.25, 0.3) is 11.1 Å². The number of hydrogen-bond acceptors (Lipinski definition) is 5. The fourth-order valence-corrected chi connectivity index (χ4v) is 5.33. The maximum atomic E-state index is 13.1. The highest BCUT2D eigenvalue weighted by Crippen LogP contribution is 2.44. The fourth-order valence-electron chi connectivity index (χ4n) is 5.33. The van der Waals surface area contributed by atoms with E-state index in [1.807, 2.05) is 24.3 Å². The van der Waals surface area contributed by atoms with Crippen LogP contribution in [0, 0.1) is 5.41 Å². The van der Waals surface area contributed by atoms with Gasteiger partial charge in [-0.05, 0) is 42.0 Å². The first-order valence-electron chi connectivity index (χ1n) is 12.1. The second kappa shape index (κ2) is 10.5. The van der Waals surface area contributed by atoms with Crippen LogP contribution in [-0.2, 0) is 14.3 Å². The Morgan fingerprint density at radius 3 is 2.29 bits per heavy atom. The molecule has 2 aliphatic carbocycles. The molecule has 0 heterocycles. The highest BCUT2D eigenvalue weighted by molar-refractivity contribution is 5.88. The van der Waals surface area contributed by atoms with E-state index in [1.165, 1.54) is 0 Å². The number of ether oxygens (including phenoxy) is 1. The summed E-state index contributed by atoms with van der Waals surface area (Å²) in [6, 6.07) is 14.5. The standard InChI is InChI=1S/C27H32N2O6/c1-27(25(33)28-22(13-15-30)24(31)32)14-7-6-12-23(27)29-26(34)35-16-21-19-10-4-2-8-17(19)18-9-3-5-11-20(18)21/h2-5,8-11,21-23,30H,6-7,12-16H2,1H3,(H,28,33)(H,29,34)(H,31,32)/t22-,23?,27?/m1/s1. The summed E-state index contributed by atoms with van der Waals surface area (Å²) in [5, 5.41) is 23.9. The minimum atomic E-state index is -1.20. The lowest BCUT2D eigenvalue weighted by Crippen LogP contribution is -2.58. The Morgan fingerprint density at radius 1 is 1.06 bits per heavy atom. The van der Waals surface area contributed by atoms with Crippen molar-refractivity contribution in [3.63, 3.8) is 0 Å². The molecular weight excluding hydrogens is 448 g/mol. The molecule has 4 N–H and O–H groups in total. The number of carboxylic acids is 1. The number of aliphatic hydroxyl groups excluding tert-OH is 1. The molecule has 35 heavy (non-hydrogen) atoms. The van der Waals surface area contributed by atoms with E-state index < -0.39 is 35.5 Å². The van der Waals surface area contributed by atoms with Crippen LogP contribution in [0.1, 0.15) is 56.1 Å². The third kappa shape index (κ3) is 5.03. The Morgan fingerprint density at radius 2 is 1.69 bits per heavy atom. The van der Waals surface area contributed by atoms with Crippen LogP contribution >= 0.6 is 0 Å². The molecule has 186 valence electrons. The first kappa shape index (κ1) is 24.7. The monoisotopic (exact) mass is 480 g/mol. The van der Waals surface area contributed by atoms with Crippen molar-refractivity contribution in [3.05, 3.63) is 59.7 Å². The Hall–Kier alpha value is -3.39. The number of hydrogen-bond donors (Lipinski definition) is 4. The number of amides is 2. The second-order valence-electron chi connectivity index (χ2n) is 9.56. The lowest BCUT2D eigenvalue weighted by molar-refractivity contribution is -0.145. The molecule has 0 radical (unpaired) electrons. The van der Waals surface area contributed by atoms with Crippen molar-refractivity contribution in [3.8, 4) is 11.1 Å². The van der Waals surface area contributed by atoms with Gasteiger partial charge in [-0.1, -0.05) is 61.4 Å². The van der Waals surface area contributed by atoms with Crippen molar-refractivity contribution in [1.82, 2.24) is 10.6 Å². The van der Waals surface area contributed by atoms with E-state index in [-0.39, 0.29) is 25.6 Å². The van der Waals surface area contributed by atoms with E-state index in [9.17, 15) is 19.5 Å². The number of carbonyl (C=O) groups is 3. The van der Waals surface area contributed by atoms with Crippen molar-refractivity contribution in [2.45, 2.75) is 57.0 Å². The largest absolute Gasteiger partial charge is 0.480 e. The van der Waals surface area contributed by atoms with Crippen molar-refractivity contribution >= 4 is 18.0 Å². The minimum absolute atomic E-state index is 0.0657. The van der Waals surface area contributed by atoms with E-state index in [2.05, 4.69) is 34.9 Å². The van der Waals surface area contributed by atoms with Crippen LogP contribution in [0.2, 0.25) is 0 Å². The normalized spacial score (nSPS) is 21.9. The predicted octanol–water partition coefficient (Wildman–Crippen LogP) is 3.43. The molecule has 0 aromatic heterocycles. The summed E-state index contributed by atoms with van der Waals surface area (Å²) in [5.74, 6) is -1.71. The number of nitrogens with one attached hydrogen (secondary N) is 2. The van der Waals surface area contributed by atoms with Gasteiger partial charge in [0.15, 0.2) is 0 Å². The van der Waals surface area contributed by atoms with Crippen molar-refractivity contribution in [2.75, 3.05) is 13.2 Å². The van der Waals surface area contributed by atoms with Crippen LogP contribution in [0.4, 0.5) is 4.79 Å². The number of alkyl carbamates (subject to hydrolysis) is 1. The smallest absolute Gasteiger partial charge is 0.407 e. The Labute approximate surface area is 204 Å². The molecule has 1 saturated carbocycles. The van der Waals surface area contributed by atoms with Gasteiger partial charge in [-0.15, -0.1) is 0 Å². The topological polar surface area (TPSA) is 125 Å². The van der Waals surface area contributed by atoms with E-state index in [0.29, 0.717) is 12.8 Å². The van der Waals surface area contributed by atoms with Gasteiger partial charge in [-0.2, -0.15) is 0 Å². The van der Waals surface area contributed by atoms with Crippen molar-refractivity contribution in [1.29, 1.82) is 0 Å². The van der Waals surface area contributed by atoms with Crippen LogP contribution < -0.4 is 10.6 Å². The zero-order chi connectivity index (χ0) is 25.0. The van der Waals surface area contributed by atoms with Gasteiger partial charge < -0.3 is 25.6 Å². The summed E-state index contributed by atoms with van der Waals surface area (Å²) in [5.41, 5.74) is 3.54. The third-order valence-corrected chi connectivity index (χ3v) is 7.38. The van der Waals surface area contributed by atoms with Crippen LogP contribution in [0.15, 0.2) is 48.5 Å². The van der Waals surface area contributed by atoms with Gasteiger partial charge >= 0.3 is 12.1 Å². The Kier molecular flexibility index (Phi) is 7.40. The van der Waals surface area contributed by atoms with Crippen LogP contribution in [0.3, 0.4) is 0 Å². The van der Waals surface area contributed by atoms with Gasteiger partial charge in [0.25, 0.3) is 0 Å². The number of carboxylic acid groups (broad SMARTS) is 1. The van der Waals surface area contributed by atoms with Gasteiger partial charge in [0, 0.05) is 25.0 Å². The molecule has 2 unspecified atom stereocenters. The summed E-state index contributed by atoms with van der Waals surface area (Å²) >= 11 is 0. The predicted molar refractivity (Wildman–Crippen MR) is 130 cm³/mol. The number of aliphatic hydroxyl groups is 1. The zero-order valence-electron chi connectivity index (χ0n) is 19.8. The van der Waals surface area contributed by atoms with Gasteiger partial charge in [0.2, 0.25) is 5.91 Å². The summed E-state index contributed by atoms with van der Waals surface area (Å²) in [6.45, 7) is 1.57. The molecule has 8 nitrogen and oxygen atoms in total. The number of aliphatic carboxylic acids is 1. The molecule has 3 atom stereocenters.